The Morgan fingerprint density at radius 3 is 2.24 bits per heavy atom. The third-order valence-electron chi connectivity index (χ3n) is 5.97. The van der Waals surface area contributed by atoms with E-state index in [4.69, 9.17) is 4.74 Å². The Morgan fingerprint density at radius 2 is 1.66 bits per heavy atom. The number of aliphatic hydroxyl groups excluding tert-OH is 1. The van der Waals surface area contributed by atoms with Crippen molar-refractivity contribution in [3.05, 3.63) is 58.3 Å². The summed E-state index contributed by atoms with van der Waals surface area (Å²) in [6.07, 6.45) is 5.91. The zero-order valence-electron chi connectivity index (χ0n) is 16.5. The maximum Gasteiger partial charge on any atom is 0.248 e. The first-order valence-corrected chi connectivity index (χ1v) is 10.4. The summed E-state index contributed by atoms with van der Waals surface area (Å²) in [6, 6.07) is 8.62. The number of ether oxygens (including phenoxy) is 1. The molecule has 2 fully saturated rings. The molecule has 0 atom stereocenters. The van der Waals surface area contributed by atoms with Crippen molar-refractivity contribution in [3.63, 3.8) is 0 Å². The standard InChI is InChI=1S/C22H28FN3O3/c23-22-16(15-27)2-1-3-20(22)26-12-8-19(9-13-26)29-18-6-10-25(11-7-18)17-4-5-21(28)24-14-17/h1-5,14,18-19,27H,6-13,15H2,(H,24,28). The van der Waals surface area contributed by atoms with Crippen LogP contribution in [-0.2, 0) is 11.3 Å². The number of rotatable bonds is 5. The lowest BCUT2D eigenvalue weighted by Gasteiger charge is -2.38. The first-order valence-electron chi connectivity index (χ1n) is 10.4. The molecule has 4 rings (SSSR count). The molecule has 3 heterocycles. The van der Waals surface area contributed by atoms with Gasteiger partial charge in [-0.15, -0.1) is 0 Å². The van der Waals surface area contributed by atoms with Crippen LogP contribution < -0.4 is 15.4 Å². The van der Waals surface area contributed by atoms with E-state index in [0.717, 1.165) is 57.5 Å². The van der Waals surface area contributed by atoms with E-state index in [1.165, 1.54) is 0 Å². The van der Waals surface area contributed by atoms with Gasteiger partial charge < -0.3 is 24.6 Å². The SMILES string of the molecule is O=c1ccc(N2CCC(OC3CCN(c4cccc(CO)c4F)CC3)CC2)c[nH]1. The smallest absolute Gasteiger partial charge is 0.248 e. The van der Waals surface area contributed by atoms with Crippen molar-refractivity contribution in [2.45, 2.75) is 44.5 Å². The highest BCUT2D eigenvalue weighted by Crippen LogP contribution is 2.28. The van der Waals surface area contributed by atoms with Gasteiger partial charge in [-0.2, -0.15) is 0 Å². The molecule has 2 aromatic rings. The van der Waals surface area contributed by atoms with E-state index in [1.54, 1.807) is 30.5 Å². The molecule has 2 aliphatic heterocycles. The number of anilines is 2. The van der Waals surface area contributed by atoms with E-state index >= 15 is 0 Å². The molecule has 0 saturated carbocycles. The highest BCUT2D eigenvalue weighted by atomic mass is 19.1. The van der Waals surface area contributed by atoms with Gasteiger partial charge in [0.1, 0.15) is 0 Å². The summed E-state index contributed by atoms with van der Waals surface area (Å²) in [4.78, 5) is 18.3. The number of aromatic amines is 1. The van der Waals surface area contributed by atoms with Crippen LogP contribution in [0.5, 0.6) is 0 Å². The molecule has 156 valence electrons. The van der Waals surface area contributed by atoms with Gasteiger partial charge in [0.2, 0.25) is 5.56 Å². The molecule has 7 heteroatoms. The molecule has 6 nitrogen and oxygen atoms in total. The van der Waals surface area contributed by atoms with Crippen LogP contribution in [0, 0.1) is 5.82 Å². The van der Waals surface area contributed by atoms with Crippen molar-refractivity contribution in [1.82, 2.24) is 4.98 Å². The minimum atomic E-state index is -0.316. The maximum atomic E-state index is 14.5. The molecule has 29 heavy (non-hydrogen) atoms. The van der Waals surface area contributed by atoms with Crippen LogP contribution in [0.2, 0.25) is 0 Å². The minimum absolute atomic E-state index is 0.0821. The van der Waals surface area contributed by atoms with E-state index in [1.807, 2.05) is 11.0 Å². The van der Waals surface area contributed by atoms with Gasteiger partial charge in [0.05, 0.1) is 30.2 Å². The molecule has 0 unspecified atom stereocenters. The third kappa shape index (κ3) is 4.62. The van der Waals surface area contributed by atoms with Gasteiger partial charge in [0, 0.05) is 44.0 Å². The summed E-state index contributed by atoms with van der Waals surface area (Å²) in [6.45, 7) is 3.06. The number of nitrogens with one attached hydrogen (secondary N) is 1. The van der Waals surface area contributed by atoms with Crippen molar-refractivity contribution < 1.29 is 14.2 Å². The van der Waals surface area contributed by atoms with Crippen LogP contribution in [0.1, 0.15) is 31.2 Å². The lowest BCUT2D eigenvalue weighted by Crippen LogP contribution is -2.42. The number of aliphatic hydroxyl groups is 1. The quantitative estimate of drug-likeness (QED) is 0.806. The number of nitrogens with zero attached hydrogens (tertiary/aromatic N) is 2. The number of aromatic nitrogens is 1. The van der Waals surface area contributed by atoms with E-state index < -0.39 is 0 Å². The third-order valence-corrected chi connectivity index (χ3v) is 5.97. The molecule has 2 aliphatic rings. The maximum absolute atomic E-state index is 14.5. The second-order valence-corrected chi connectivity index (χ2v) is 7.83. The lowest BCUT2D eigenvalue weighted by atomic mass is 10.0. The van der Waals surface area contributed by atoms with Crippen LogP contribution in [0.3, 0.4) is 0 Å². The van der Waals surface area contributed by atoms with Crippen LogP contribution in [0.25, 0.3) is 0 Å². The number of benzene rings is 1. The Hall–Kier alpha value is -2.38. The van der Waals surface area contributed by atoms with E-state index in [2.05, 4.69) is 9.88 Å². The number of piperidine rings is 2. The van der Waals surface area contributed by atoms with Gasteiger partial charge in [-0.25, -0.2) is 4.39 Å². The average Bonchev–Trinajstić information content (AvgIpc) is 2.76. The van der Waals surface area contributed by atoms with Gasteiger partial charge >= 0.3 is 0 Å². The van der Waals surface area contributed by atoms with Gasteiger partial charge in [-0.05, 0) is 37.8 Å². The van der Waals surface area contributed by atoms with Crippen molar-refractivity contribution in [1.29, 1.82) is 0 Å². The Balaban J connectivity index is 1.25. The summed E-state index contributed by atoms with van der Waals surface area (Å²) in [5, 5.41) is 9.27. The number of hydrogen-bond donors (Lipinski definition) is 2. The van der Waals surface area contributed by atoms with E-state index in [0.29, 0.717) is 11.3 Å². The molecule has 0 radical (unpaired) electrons. The molecule has 2 N–H and O–H groups in total. The monoisotopic (exact) mass is 401 g/mol. The summed E-state index contributed by atoms with van der Waals surface area (Å²) in [7, 11) is 0. The summed E-state index contributed by atoms with van der Waals surface area (Å²) >= 11 is 0. The fourth-order valence-electron chi connectivity index (χ4n) is 4.29. The highest BCUT2D eigenvalue weighted by molar-refractivity contribution is 5.50. The van der Waals surface area contributed by atoms with Gasteiger partial charge in [-0.3, -0.25) is 4.79 Å². The van der Waals surface area contributed by atoms with Crippen LogP contribution in [0.15, 0.2) is 41.3 Å². The van der Waals surface area contributed by atoms with Gasteiger partial charge in [-0.1, -0.05) is 12.1 Å². The minimum Gasteiger partial charge on any atom is -0.392 e. The molecular weight excluding hydrogens is 373 g/mol. The summed E-state index contributed by atoms with van der Waals surface area (Å²) < 4.78 is 20.8. The average molecular weight is 401 g/mol. The van der Waals surface area contributed by atoms with Crippen LogP contribution in [-0.4, -0.2) is 48.5 Å². The van der Waals surface area contributed by atoms with Crippen LogP contribution in [0.4, 0.5) is 15.8 Å². The van der Waals surface area contributed by atoms with Gasteiger partial charge in [0.15, 0.2) is 5.82 Å². The second-order valence-electron chi connectivity index (χ2n) is 7.83. The molecule has 0 aliphatic carbocycles. The highest BCUT2D eigenvalue weighted by Gasteiger charge is 2.27. The molecule has 2 saturated heterocycles. The van der Waals surface area contributed by atoms with E-state index in [9.17, 15) is 14.3 Å². The number of halogens is 1. The molecule has 0 bridgehead atoms. The second kappa shape index (κ2) is 8.97. The van der Waals surface area contributed by atoms with Crippen molar-refractivity contribution in [2.24, 2.45) is 0 Å². The molecule has 1 aromatic heterocycles. The fraction of sp³-hybridized carbons (Fsp3) is 0.500. The van der Waals surface area contributed by atoms with Crippen molar-refractivity contribution in [2.75, 3.05) is 36.0 Å². The normalized spacial score (nSPS) is 19.0. The summed E-state index contributed by atoms with van der Waals surface area (Å²) in [5.74, 6) is -0.316. The summed E-state index contributed by atoms with van der Waals surface area (Å²) in [5.41, 5.74) is 1.88. The Kier molecular flexibility index (Phi) is 6.16. The Labute approximate surface area is 169 Å². The number of H-pyrrole nitrogens is 1. The zero-order chi connectivity index (χ0) is 20.2. The van der Waals surface area contributed by atoms with Crippen LogP contribution >= 0.6 is 0 Å². The number of hydrogen-bond acceptors (Lipinski definition) is 5. The lowest BCUT2D eigenvalue weighted by molar-refractivity contribution is -0.0338. The predicted molar refractivity (Wildman–Crippen MR) is 111 cm³/mol. The topological polar surface area (TPSA) is 68.8 Å². The first-order chi connectivity index (χ1) is 14.1. The number of pyridine rings is 1. The largest absolute Gasteiger partial charge is 0.392 e. The first kappa shape index (κ1) is 19.9. The molecular formula is C22H28FN3O3. The van der Waals surface area contributed by atoms with E-state index in [-0.39, 0.29) is 30.2 Å². The molecule has 0 spiro atoms. The predicted octanol–water partition coefficient (Wildman–Crippen LogP) is 2.66. The molecule has 0 amide bonds. The fourth-order valence-corrected chi connectivity index (χ4v) is 4.29. The Bertz CT molecular complexity index is 851. The zero-order valence-corrected chi connectivity index (χ0v) is 16.5. The molecule has 1 aromatic carbocycles. The van der Waals surface area contributed by atoms with Crippen molar-refractivity contribution >= 4 is 11.4 Å². The van der Waals surface area contributed by atoms with Gasteiger partial charge in [0.25, 0.3) is 0 Å². The van der Waals surface area contributed by atoms with Crippen molar-refractivity contribution in [3.8, 4) is 0 Å². The Morgan fingerprint density at radius 1 is 1.00 bits per heavy atom.